The molecule has 0 N–H and O–H groups in total. The third-order valence-electron chi connectivity index (χ3n) is 3.53. The van der Waals surface area contributed by atoms with Crippen LogP contribution in [0.5, 0.6) is 0 Å². The Balaban J connectivity index is 2.00. The molecule has 0 bridgehead atoms. The van der Waals surface area contributed by atoms with Crippen LogP contribution in [-0.4, -0.2) is 42.3 Å². The molecular weight excluding hydrogens is 244 g/mol. The second-order valence-electron chi connectivity index (χ2n) is 4.61. The normalized spacial score (nSPS) is 22.3. The first-order chi connectivity index (χ1) is 9.24. The van der Waals surface area contributed by atoms with Crippen LogP contribution in [0.1, 0.15) is 33.6 Å². The van der Waals surface area contributed by atoms with Gasteiger partial charge in [0.2, 0.25) is 5.90 Å². The minimum Gasteiger partial charge on any atom is -0.483 e. The van der Waals surface area contributed by atoms with E-state index in [1.54, 1.807) is 24.3 Å². The highest BCUT2D eigenvalue weighted by Gasteiger charge is 2.42. The molecule has 1 atom stereocenters. The van der Waals surface area contributed by atoms with Gasteiger partial charge in [-0.2, -0.15) is 0 Å². The van der Waals surface area contributed by atoms with Crippen molar-refractivity contribution in [1.29, 1.82) is 0 Å². The van der Waals surface area contributed by atoms with Crippen molar-refractivity contribution >= 4 is 17.7 Å². The van der Waals surface area contributed by atoms with E-state index < -0.39 is 0 Å². The molecule has 5 nitrogen and oxygen atoms in total. The minimum absolute atomic E-state index is 0.253. The predicted molar refractivity (Wildman–Crippen MR) is 69.3 cm³/mol. The summed E-state index contributed by atoms with van der Waals surface area (Å²) in [7, 11) is 1.52. The molecule has 2 aliphatic rings. The van der Waals surface area contributed by atoms with E-state index in [4.69, 9.17) is 4.74 Å². The van der Waals surface area contributed by atoms with Gasteiger partial charge in [0.25, 0.3) is 11.8 Å². The summed E-state index contributed by atoms with van der Waals surface area (Å²) in [6.45, 7) is 0.683. The van der Waals surface area contributed by atoms with Crippen LogP contribution in [0.3, 0.4) is 0 Å². The number of benzene rings is 1. The van der Waals surface area contributed by atoms with Crippen molar-refractivity contribution in [2.24, 2.45) is 4.99 Å². The Morgan fingerprint density at radius 1 is 1.21 bits per heavy atom. The van der Waals surface area contributed by atoms with Gasteiger partial charge in [-0.15, -0.1) is 0 Å². The van der Waals surface area contributed by atoms with E-state index in [1.807, 2.05) is 0 Å². The van der Waals surface area contributed by atoms with Gasteiger partial charge in [-0.1, -0.05) is 12.1 Å². The highest BCUT2D eigenvalue weighted by Crippen LogP contribution is 2.27. The van der Waals surface area contributed by atoms with E-state index in [2.05, 4.69) is 4.99 Å². The smallest absolute Gasteiger partial charge is 0.262 e. The fourth-order valence-electron chi connectivity index (χ4n) is 2.63. The monoisotopic (exact) mass is 258 g/mol. The summed E-state index contributed by atoms with van der Waals surface area (Å²) >= 11 is 0. The maximum Gasteiger partial charge on any atom is 0.262 e. The molecular formula is C14H14N2O3. The number of nitrogens with zero attached hydrogens (tertiary/aromatic N) is 2. The molecule has 0 radical (unpaired) electrons. The van der Waals surface area contributed by atoms with Crippen LogP contribution in [0, 0.1) is 0 Å². The molecule has 0 fully saturated rings. The highest BCUT2D eigenvalue weighted by molar-refractivity contribution is 6.22. The molecule has 0 aliphatic carbocycles. The fourth-order valence-corrected chi connectivity index (χ4v) is 2.63. The SMILES string of the molecule is COC1=NCCCC1N1C(=O)c2ccccc2C1=O. The molecule has 2 amide bonds. The number of carbonyl (C=O) groups excluding carboxylic acids is 2. The molecule has 1 aromatic carbocycles. The van der Waals surface area contributed by atoms with E-state index in [0.29, 0.717) is 30.0 Å². The van der Waals surface area contributed by atoms with Crippen molar-refractivity contribution in [3.05, 3.63) is 35.4 Å². The molecule has 5 heteroatoms. The van der Waals surface area contributed by atoms with Crippen LogP contribution in [-0.2, 0) is 4.74 Å². The average molecular weight is 258 g/mol. The molecule has 98 valence electrons. The summed E-state index contributed by atoms with van der Waals surface area (Å²) in [5.74, 6) is -0.0322. The molecule has 0 spiro atoms. The third kappa shape index (κ3) is 1.73. The van der Waals surface area contributed by atoms with E-state index >= 15 is 0 Å². The van der Waals surface area contributed by atoms with Crippen molar-refractivity contribution in [2.45, 2.75) is 18.9 Å². The molecule has 0 saturated carbocycles. The van der Waals surface area contributed by atoms with Gasteiger partial charge in [0.1, 0.15) is 6.04 Å². The molecule has 0 saturated heterocycles. The van der Waals surface area contributed by atoms with Gasteiger partial charge in [-0.3, -0.25) is 19.5 Å². The first-order valence-corrected chi connectivity index (χ1v) is 6.29. The summed E-state index contributed by atoms with van der Waals surface area (Å²) in [6, 6.07) is 6.52. The molecule has 3 rings (SSSR count). The van der Waals surface area contributed by atoms with Crippen LogP contribution in [0.4, 0.5) is 0 Å². The summed E-state index contributed by atoms with van der Waals surface area (Å²) in [4.78, 5) is 30.3. The molecule has 2 aliphatic heterocycles. The van der Waals surface area contributed by atoms with Gasteiger partial charge >= 0.3 is 0 Å². The number of ether oxygens (including phenoxy) is 1. The lowest BCUT2D eigenvalue weighted by Gasteiger charge is -2.28. The molecule has 2 heterocycles. The number of fused-ring (bicyclic) bond motifs is 1. The standard InChI is InChI=1S/C14H14N2O3/c1-19-12-11(7-4-8-15-12)16-13(17)9-5-2-3-6-10(9)14(16)18/h2-3,5-6,11H,4,7-8H2,1H3. The van der Waals surface area contributed by atoms with E-state index in [-0.39, 0.29) is 17.9 Å². The van der Waals surface area contributed by atoms with Gasteiger partial charge in [0.05, 0.1) is 18.2 Å². The Kier molecular flexibility index (Phi) is 2.81. The number of imide groups is 1. The predicted octanol–water partition coefficient (Wildman–Crippen LogP) is 1.49. The number of rotatable bonds is 1. The summed E-state index contributed by atoms with van der Waals surface area (Å²) in [5, 5.41) is 0. The Labute approximate surface area is 110 Å². The zero-order chi connectivity index (χ0) is 13.4. The molecule has 0 aromatic heterocycles. The third-order valence-corrected chi connectivity index (χ3v) is 3.53. The van der Waals surface area contributed by atoms with Crippen molar-refractivity contribution in [2.75, 3.05) is 13.7 Å². The Bertz CT molecular complexity index is 545. The molecule has 1 unspecified atom stereocenters. The second kappa shape index (κ2) is 4.50. The van der Waals surface area contributed by atoms with Crippen LogP contribution in [0.2, 0.25) is 0 Å². The number of methoxy groups -OCH3 is 1. The van der Waals surface area contributed by atoms with Crippen LogP contribution >= 0.6 is 0 Å². The van der Waals surface area contributed by atoms with E-state index in [9.17, 15) is 9.59 Å². The summed E-state index contributed by atoms with van der Waals surface area (Å²) < 4.78 is 5.22. The topological polar surface area (TPSA) is 59.0 Å². The second-order valence-corrected chi connectivity index (χ2v) is 4.61. The highest BCUT2D eigenvalue weighted by atomic mass is 16.5. The van der Waals surface area contributed by atoms with Crippen molar-refractivity contribution < 1.29 is 14.3 Å². The number of aliphatic imine (C=N–C) groups is 1. The fraction of sp³-hybridized carbons (Fsp3) is 0.357. The lowest BCUT2D eigenvalue weighted by Crippen LogP contribution is -2.46. The van der Waals surface area contributed by atoms with E-state index in [0.717, 1.165) is 6.42 Å². The van der Waals surface area contributed by atoms with Crippen molar-refractivity contribution in [1.82, 2.24) is 4.90 Å². The van der Waals surface area contributed by atoms with Crippen molar-refractivity contribution in [3.8, 4) is 0 Å². The molecule has 1 aromatic rings. The van der Waals surface area contributed by atoms with Gasteiger partial charge in [-0.05, 0) is 25.0 Å². The number of carbonyl (C=O) groups is 2. The summed E-state index contributed by atoms with van der Waals surface area (Å²) in [5.41, 5.74) is 0.932. The minimum atomic E-state index is -0.369. The first-order valence-electron chi connectivity index (χ1n) is 6.29. The van der Waals surface area contributed by atoms with Gasteiger partial charge < -0.3 is 4.74 Å². The Morgan fingerprint density at radius 2 is 1.84 bits per heavy atom. The maximum atomic E-state index is 12.4. The van der Waals surface area contributed by atoms with E-state index in [1.165, 1.54) is 12.0 Å². The first kappa shape index (κ1) is 11.9. The zero-order valence-electron chi connectivity index (χ0n) is 10.6. The quantitative estimate of drug-likeness (QED) is 0.717. The largest absolute Gasteiger partial charge is 0.483 e. The van der Waals surface area contributed by atoms with Crippen molar-refractivity contribution in [3.63, 3.8) is 0 Å². The lowest BCUT2D eigenvalue weighted by molar-refractivity contribution is 0.0601. The zero-order valence-corrected chi connectivity index (χ0v) is 10.6. The van der Waals surface area contributed by atoms with Gasteiger partial charge in [0.15, 0.2) is 0 Å². The Hall–Kier alpha value is -2.17. The number of hydrogen-bond acceptors (Lipinski definition) is 4. The average Bonchev–Trinajstić information content (AvgIpc) is 2.71. The summed E-state index contributed by atoms with van der Waals surface area (Å²) in [6.07, 6.45) is 1.56. The van der Waals surface area contributed by atoms with Crippen LogP contribution in [0.15, 0.2) is 29.3 Å². The number of amides is 2. The van der Waals surface area contributed by atoms with Gasteiger partial charge in [-0.25, -0.2) is 0 Å². The lowest BCUT2D eigenvalue weighted by atomic mass is 10.1. The Morgan fingerprint density at radius 3 is 2.42 bits per heavy atom. The van der Waals surface area contributed by atoms with Gasteiger partial charge in [0, 0.05) is 6.54 Å². The molecule has 19 heavy (non-hydrogen) atoms. The number of hydrogen-bond donors (Lipinski definition) is 0. The maximum absolute atomic E-state index is 12.4. The van der Waals surface area contributed by atoms with Crippen LogP contribution in [0.25, 0.3) is 0 Å². The van der Waals surface area contributed by atoms with Crippen LogP contribution < -0.4 is 0 Å².